The SMILES string of the molecule is COc1ccccc1-c1nc2cccnc2n(C2CC2)c1=O.O=c1c(-c2cc(F)c(F)cc2F)nc2cccnc2n1C1CC1.O=c1c(-c2ccc(Cl)cc2Cl)nc2cccnc2n1C1CC1. The lowest BCUT2D eigenvalue weighted by molar-refractivity contribution is 0.416. The first kappa shape index (κ1) is 43.6. The number of hydrogen-bond donors (Lipinski definition) is 0. The standard InChI is InChI=1S/C17H15N3O2.C16H11Cl2N3O.C16H10F3N3O/c1-22-14-7-3-2-5-12(14)15-17(21)20(11-8-9-11)16-13(19-15)6-4-10-18-16;17-9-3-6-11(12(18)8-9)14-16(22)21(10-4-5-10)15-13(20-14)2-1-7-19-15;17-10-7-12(19)11(18)6-9(10)14-16(23)22(8-3-4-8)15-13(21-14)2-1-5-20-15/h2-7,10-11H,8-9H2,1H3;1-3,6-8,10H,4-5H2;1-2,5-8H,3-4H2. The lowest BCUT2D eigenvalue weighted by Crippen LogP contribution is -2.24. The van der Waals surface area contributed by atoms with Gasteiger partial charge in [0.1, 0.15) is 45.2 Å². The normalized spacial score (nSPS) is 14.4. The molecule has 0 unspecified atom stereocenters. The quantitative estimate of drug-likeness (QED) is 0.141. The van der Waals surface area contributed by atoms with Crippen LogP contribution in [0.2, 0.25) is 10.0 Å². The van der Waals surface area contributed by atoms with Crippen LogP contribution in [0.15, 0.2) is 124 Å². The molecule has 3 saturated carbocycles. The second kappa shape index (κ2) is 17.8. The Bertz CT molecular complexity index is 3610. The van der Waals surface area contributed by atoms with Crippen molar-refractivity contribution in [1.29, 1.82) is 0 Å². The second-order valence-electron chi connectivity index (χ2n) is 16.2. The van der Waals surface area contributed by atoms with Crippen LogP contribution in [0.5, 0.6) is 5.75 Å². The van der Waals surface area contributed by atoms with Crippen molar-refractivity contribution in [3.05, 3.63) is 168 Å². The van der Waals surface area contributed by atoms with Crippen LogP contribution in [0.4, 0.5) is 13.2 Å². The average Bonchev–Trinajstić information content (AvgIpc) is 4.16. The third-order valence-electron chi connectivity index (χ3n) is 11.5. The fourth-order valence-corrected chi connectivity index (χ4v) is 8.38. The molecule has 0 bridgehead atoms. The molecule has 0 atom stereocenters. The maximum atomic E-state index is 14.0. The molecule has 18 heteroatoms. The van der Waals surface area contributed by atoms with Gasteiger partial charge in [0.05, 0.1) is 12.1 Å². The van der Waals surface area contributed by atoms with Gasteiger partial charge in [0.2, 0.25) is 0 Å². The predicted octanol–water partition coefficient (Wildman–Crippen LogP) is 10.1. The molecule has 0 saturated heterocycles. The highest BCUT2D eigenvalue weighted by molar-refractivity contribution is 6.36. The van der Waals surface area contributed by atoms with Crippen molar-refractivity contribution in [2.24, 2.45) is 0 Å². The molecule has 3 aromatic carbocycles. The first-order chi connectivity index (χ1) is 32.5. The van der Waals surface area contributed by atoms with Gasteiger partial charge in [0, 0.05) is 64.5 Å². The molecule has 336 valence electrons. The molecule has 6 aromatic heterocycles. The van der Waals surface area contributed by atoms with Crippen molar-refractivity contribution in [1.82, 2.24) is 43.6 Å². The van der Waals surface area contributed by atoms with E-state index in [1.54, 1.807) is 65.2 Å². The number of para-hydroxylation sites is 1. The van der Waals surface area contributed by atoms with Gasteiger partial charge in [-0.1, -0.05) is 35.3 Å². The zero-order chi connectivity index (χ0) is 46.5. The van der Waals surface area contributed by atoms with Crippen molar-refractivity contribution in [3.63, 3.8) is 0 Å². The maximum absolute atomic E-state index is 14.0. The van der Waals surface area contributed by atoms with Crippen LogP contribution in [0.1, 0.15) is 56.7 Å². The molecule has 3 aliphatic carbocycles. The van der Waals surface area contributed by atoms with Crippen molar-refractivity contribution < 1.29 is 17.9 Å². The van der Waals surface area contributed by atoms with Gasteiger partial charge in [-0.15, -0.1) is 0 Å². The van der Waals surface area contributed by atoms with Gasteiger partial charge >= 0.3 is 0 Å². The minimum absolute atomic E-state index is 0.0185. The Morgan fingerprint density at radius 1 is 0.507 bits per heavy atom. The first-order valence-corrected chi connectivity index (χ1v) is 22.1. The fraction of sp³-hybridized carbons (Fsp3) is 0.204. The molecule has 3 aliphatic rings. The number of hydrogen-bond acceptors (Lipinski definition) is 10. The number of rotatable bonds is 7. The number of halogens is 5. The van der Waals surface area contributed by atoms with Crippen LogP contribution in [0.3, 0.4) is 0 Å². The second-order valence-corrected chi connectivity index (χ2v) is 17.1. The monoisotopic (exact) mass is 941 g/mol. The topological polar surface area (TPSA) is 153 Å². The number of nitrogens with zero attached hydrogens (tertiary/aromatic N) is 9. The van der Waals surface area contributed by atoms with Gasteiger partial charge in [-0.25, -0.2) is 43.1 Å². The summed E-state index contributed by atoms with van der Waals surface area (Å²) in [7, 11) is 1.60. The van der Waals surface area contributed by atoms with Crippen LogP contribution in [-0.4, -0.2) is 50.7 Å². The highest BCUT2D eigenvalue weighted by Gasteiger charge is 2.32. The first-order valence-electron chi connectivity index (χ1n) is 21.4. The summed E-state index contributed by atoms with van der Waals surface area (Å²) in [5.41, 5.74) is 4.19. The third-order valence-corrected chi connectivity index (χ3v) is 12.0. The van der Waals surface area contributed by atoms with E-state index in [1.165, 1.54) is 4.57 Å². The van der Waals surface area contributed by atoms with Crippen molar-refractivity contribution in [2.75, 3.05) is 7.11 Å². The Morgan fingerprint density at radius 3 is 1.39 bits per heavy atom. The van der Waals surface area contributed by atoms with Gasteiger partial charge in [0.25, 0.3) is 16.7 Å². The average molecular weight is 943 g/mol. The van der Waals surface area contributed by atoms with E-state index in [9.17, 15) is 27.6 Å². The van der Waals surface area contributed by atoms with Crippen LogP contribution in [-0.2, 0) is 0 Å². The van der Waals surface area contributed by atoms with Crippen LogP contribution in [0.25, 0.3) is 67.3 Å². The van der Waals surface area contributed by atoms with Crippen LogP contribution >= 0.6 is 23.2 Å². The summed E-state index contributed by atoms with van der Waals surface area (Å²) >= 11 is 12.2. The third kappa shape index (κ3) is 8.53. The van der Waals surface area contributed by atoms with Crippen LogP contribution < -0.4 is 21.4 Å². The number of benzene rings is 3. The summed E-state index contributed by atoms with van der Waals surface area (Å²) in [4.78, 5) is 64.5. The van der Waals surface area contributed by atoms with Gasteiger partial charge in [0.15, 0.2) is 28.6 Å². The summed E-state index contributed by atoms with van der Waals surface area (Å²) in [5, 5.41) is 0.946. The van der Waals surface area contributed by atoms with Crippen molar-refractivity contribution in [2.45, 2.75) is 56.7 Å². The summed E-state index contributed by atoms with van der Waals surface area (Å²) in [5.74, 6) is -2.92. The molecule has 0 amide bonds. The number of methoxy groups -OCH3 is 1. The van der Waals surface area contributed by atoms with E-state index in [2.05, 4.69) is 29.9 Å². The largest absolute Gasteiger partial charge is 0.496 e. The number of pyridine rings is 3. The van der Waals surface area contributed by atoms with E-state index >= 15 is 0 Å². The molecule has 3 fully saturated rings. The molecule has 6 heterocycles. The minimum Gasteiger partial charge on any atom is -0.496 e. The zero-order valence-corrected chi connectivity index (χ0v) is 36.9. The van der Waals surface area contributed by atoms with Gasteiger partial charge in [-0.3, -0.25) is 28.1 Å². The zero-order valence-electron chi connectivity index (χ0n) is 35.4. The number of fused-ring (bicyclic) bond motifs is 3. The van der Waals surface area contributed by atoms with E-state index in [0.717, 1.165) is 49.6 Å². The van der Waals surface area contributed by atoms with E-state index in [-0.39, 0.29) is 40.5 Å². The summed E-state index contributed by atoms with van der Waals surface area (Å²) in [6.45, 7) is 0. The van der Waals surface area contributed by atoms with Crippen molar-refractivity contribution >= 4 is 56.7 Å². The van der Waals surface area contributed by atoms with Gasteiger partial charge < -0.3 is 4.74 Å². The van der Waals surface area contributed by atoms with E-state index < -0.39 is 23.0 Å². The molecule has 67 heavy (non-hydrogen) atoms. The Labute approximate surface area is 388 Å². The molecule has 0 N–H and O–H groups in total. The number of aromatic nitrogens is 9. The number of ether oxygens (including phenoxy) is 1. The molecule has 9 aromatic rings. The molecular formula is C49H36Cl2F3N9O4. The highest BCUT2D eigenvalue weighted by Crippen LogP contribution is 2.39. The fourth-order valence-electron chi connectivity index (χ4n) is 7.89. The molecule has 0 aliphatic heterocycles. The Balaban J connectivity index is 0.000000118. The predicted molar refractivity (Wildman–Crippen MR) is 249 cm³/mol. The van der Waals surface area contributed by atoms with Gasteiger partial charge in [-0.05, 0) is 111 Å². The maximum Gasteiger partial charge on any atom is 0.279 e. The summed E-state index contributed by atoms with van der Waals surface area (Å²) < 4.78 is 51.0. The Morgan fingerprint density at radius 2 is 0.940 bits per heavy atom. The molecular weight excluding hydrogens is 906 g/mol. The van der Waals surface area contributed by atoms with E-state index in [4.69, 9.17) is 27.9 Å². The van der Waals surface area contributed by atoms with E-state index in [0.29, 0.717) is 72.9 Å². The molecule has 0 radical (unpaired) electrons. The summed E-state index contributed by atoms with van der Waals surface area (Å²) in [6, 6.07) is 24.7. The van der Waals surface area contributed by atoms with E-state index in [1.807, 2.05) is 48.5 Å². The molecule has 0 spiro atoms. The molecule has 13 nitrogen and oxygen atoms in total. The molecule has 12 rings (SSSR count). The Kier molecular flexibility index (Phi) is 11.6. The smallest absolute Gasteiger partial charge is 0.279 e. The summed E-state index contributed by atoms with van der Waals surface area (Å²) in [6.07, 6.45) is 10.6. The minimum atomic E-state index is -1.31. The van der Waals surface area contributed by atoms with Gasteiger partial charge in [-0.2, -0.15) is 0 Å². The Hall–Kier alpha value is -7.30. The lowest BCUT2D eigenvalue weighted by Gasteiger charge is -2.12. The van der Waals surface area contributed by atoms with Crippen molar-refractivity contribution in [3.8, 4) is 39.5 Å². The van der Waals surface area contributed by atoms with Crippen LogP contribution in [0, 0.1) is 17.5 Å². The highest BCUT2D eigenvalue weighted by atomic mass is 35.5. The lowest BCUT2D eigenvalue weighted by atomic mass is 10.1.